The molecule has 1 amide bonds. The van der Waals surface area contributed by atoms with Crippen LogP contribution < -0.4 is 10.0 Å². The highest BCUT2D eigenvalue weighted by molar-refractivity contribution is 7.89. The summed E-state index contributed by atoms with van der Waals surface area (Å²) in [6.45, 7) is 4.21. The summed E-state index contributed by atoms with van der Waals surface area (Å²) in [5.74, 6) is -0.176. The lowest BCUT2D eigenvalue weighted by Gasteiger charge is -2.10. The van der Waals surface area contributed by atoms with E-state index < -0.39 is 10.0 Å². The van der Waals surface area contributed by atoms with Gasteiger partial charge in [-0.2, -0.15) is 0 Å². The number of amides is 1. The number of benzene rings is 4. The maximum absolute atomic E-state index is 12.6. The minimum atomic E-state index is -3.61. The van der Waals surface area contributed by atoms with Crippen LogP contribution in [0.25, 0.3) is 11.1 Å². The van der Waals surface area contributed by atoms with Gasteiger partial charge in [0.1, 0.15) is 0 Å². The molecule has 0 unspecified atom stereocenters. The van der Waals surface area contributed by atoms with Gasteiger partial charge in [0.05, 0.1) is 4.90 Å². The Balaban J connectivity index is 1.43. The van der Waals surface area contributed by atoms with E-state index in [0.29, 0.717) is 5.56 Å². The van der Waals surface area contributed by atoms with Gasteiger partial charge >= 0.3 is 0 Å². The molecule has 0 saturated heterocycles. The molecule has 0 atom stereocenters. The number of aryl methyl sites for hydroxylation is 2. The van der Waals surface area contributed by atoms with Gasteiger partial charge in [0, 0.05) is 17.8 Å². The van der Waals surface area contributed by atoms with Crippen LogP contribution in [-0.4, -0.2) is 14.3 Å². The maximum Gasteiger partial charge on any atom is 0.255 e. The molecule has 4 aromatic carbocycles. The fourth-order valence-corrected chi connectivity index (χ4v) is 4.66. The SMILES string of the molecule is Cc1ccc(NC(=O)c2ccc(-c3ccc(S(=O)(=O)NCc4ccccc4)cc3)cc2)c(C)c1. The predicted octanol–water partition coefficient (Wildman–Crippen LogP) is 5.70. The third-order valence-corrected chi connectivity index (χ3v) is 7.00. The zero-order chi connectivity index (χ0) is 24.1. The number of anilines is 1. The van der Waals surface area contributed by atoms with E-state index in [1.165, 1.54) is 0 Å². The number of rotatable bonds is 7. The highest BCUT2D eigenvalue weighted by Gasteiger charge is 2.14. The predicted molar refractivity (Wildman–Crippen MR) is 136 cm³/mol. The third kappa shape index (κ3) is 5.60. The molecule has 5 nitrogen and oxygen atoms in total. The van der Waals surface area contributed by atoms with Gasteiger partial charge in [0.2, 0.25) is 10.0 Å². The Hall–Kier alpha value is -3.74. The Morgan fingerprint density at radius 3 is 2.00 bits per heavy atom. The lowest BCUT2D eigenvalue weighted by molar-refractivity contribution is 0.102. The highest BCUT2D eigenvalue weighted by atomic mass is 32.2. The van der Waals surface area contributed by atoms with E-state index in [4.69, 9.17) is 0 Å². The van der Waals surface area contributed by atoms with Gasteiger partial charge in [-0.05, 0) is 66.4 Å². The number of carbonyl (C=O) groups excluding carboxylic acids is 1. The van der Waals surface area contributed by atoms with Gasteiger partial charge in [0.15, 0.2) is 0 Å². The van der Waals surface area contributed by atoms with Gasteiger partial charge in [-0.15, -0.1) is 0 Å². The Kier molecular flexibility index (Phi) is 6.91. The number of carbonyl (C=O) groups is 1. The molecule has 6 heteroatoms. The molecule has 4 aromatic rings. The van der Waals surface area contributed by atoms with Crippen molar-refractivity contribution >= 4 is 21.6 Å². The van der Waals surface area contributed by atoms with Crippen LogP contribution in [0.3, 0.4) is 0 Å². The first-order valence-electron chi connectivity index (χ1n) is 10.9. The molecular weight excluding hydrogens is 444 g/mol. The molecule has 0 spiro atoms. The van der Waals surface area contributed by atoms with E-state index in [1.807, 2.05) is 74.5 Å². The molecule has 0 aromatic heterocycles. The average molecular weight is 471 g/mol. The Bertz CT molecular complexity index is 1400. The Morgan fingerprint density at radius 2 is 1.38 bits per heavy atom. The highest BCUT2D eigenvalue weighted by Crippen LogP contribution is 2.23. The molecule has 34 heavy (non-hydrogen) atoms. The molecule has 0 saturated carbocycles. The molecule has 0 aliphatic carbocycles. The molecule has 0 bridgehead atoms. The average Bonchev–Trinajstić information content (AvgIpc) is 2.85. The third-order valence-electron chi connectivity index (χ3n) is 5.58. The van der Waals surface area contributed by atoms with Gasteiger partial charge in [-0.1, -0.05) is 72.3 Å². The monoisotopic (exact) mass is 470 g/mol. The molecule has 4 rings (SSSR count). The van der Waals surface area contributed by atoms with Gasteiger partial charge < -0.3 is 5.32 Å². The van der Waals surface area contributed by atoms with Gasteiger partial charge in [-0.3, -0.25) is 4.79 Å². The van der Waals surface area contributed by atoms with Crippen LogP contribution >= 0.6 is 0 Å². The minimum Gasteiger partial charge on any atom is -0.322 e. The van der Waals surface area contributed by atoms with Crippen molar-refractivity contribution in [2.45, 2.75) is 25.3 Å². The zero-order valence-electron chi connectivity index (χ0n) is 19.1. The normalized spacial score (nSPS) is 11.2. The van der Waals surface area contributed by atoms with E-state index in [9.17, 15) is 13.2 Å². The number of nitrogens with one attached hydrogen (secondary N) is 2. The largest absolute Gasteiger partial charge is 0.322 e. The molecule has 0 heterocycles. The quantitative estimate of drug-likeness (QED) is 0.364. The van der Waals surface area contributed by atoms with Crippen molar-refractivity contribution < 1.29 is 13.2 Å². The summed E-state index contributed by atoms with van der Waals surface area (Å²) in [5, 5.41) is 2.95. The van der Waals surface area contributed by atoms with E-state index in [0.717, 1.165) is 33.5 Å². The first-order chi connectivity index (χ1) is 16.3. The molecule has 0 aliphatic heterocycles. The smallest absolute Gasteiger partial charge is 0.255 e. The van der Waals surface area contributed by atoms with Crippen LogP contribution in [0.1, 0.15) is 27.0 Å². The number of sulfonamides is 1. The molecular formula is C28H26N2O3S. The molecule has 172 valence electrons. The summed E-state index contributed by atoms with van der Waals surface area (Å²) in [4.78, 5) is 12.8. The van der Waals surface area contributed by atoms with Crippen LogP contribution in [0.5, 0.6) is 0 Å². The second-order valence-corrected chi connectivity index (χ2v) is 9.95. The summed E-state index contributed by atoms with van der Waals surface area (Å²) in [5.41, 5.74) is 6.14. The first kappa shape index (κ1) is 23.4. The Morgan fingerprint density at radius 1 is 0.765 bits per heavy atom. The molecule has 0 fully saturated rings. The molecule has 2 N–H and O–H groups in total. The first-order valence-corrected chi connectivity index (χ1v) is 12.4. The fraction of sp³-hybridized carbons (Fsp3) is 0.107. The lowest BCUT2D eigenvalue weighted by Crippen LogP contribution is -2.23. The fourth-order valence-electron chi connectivity index (χ4n) is 3.65. The van der Waals surface area contributed by atoms with E-state index in [1.54, 1.807) is 36.4 Å². The van der Waals surface area contributed by atoms with Gasteiger partial charge in [0.25, 0.3) is 5.91 Å². The minimum absolute atomic E-state index is 0.176. The van der Waals surface area contributed by atoms with Crippen LogP contribution in [0, 0.1) is 13.8 Å². The number of hydrogen-bond acceptors (Lipinski definition) is 3. The Labute approximate surface area is 200 Å². The second-order valence-electron chi connectivity index (χ2n) is 8.18. The van der Waals surface area contributed by atoms with E-state index >= 15 is 0 Å². The van der Waals surface area contributed by atoms with E-state index in [-0.39, 0.29) is 17.3 Å². The summed E-state index contributed by atoms with van der Waals surface area (Å²) >= 11 is 0. The van der Waals surface area contributed by atoms with Gasteiger partial charge in [-0.25, -0.2) is 13.1 Å². The van der Waals surface area contributed by atoms with Crippen LogP contribution in [0.4, 0.5) is 5.69 Å². The summed E-state index contributed by atoms with van der Waals surface area (Å²) in [6, 6.07) is 29.2. The summed E-state index contributed by atoms with van der Waals surface area (Å²) in [7, 11) is -3.61. The molecule has 0 aliphatic rings. The lowest BCUT2D eigenvalue weighted by atomic mass is 10.0. The summed E-state index contributed by atoms with van der Waals surface area (Å²) in [6.07, 6.45) is 0. The van der Waals surface area contributed by atoms with Crippen molar-refractivity contribution in [1.29, 1.82) is 0 Å². The standard InChI is InChI=1S/C28H26N2O3S/c1-20-8-17-27(21(2)18-20)30-28(31)25-11-9-23(10-12-25)24-13-15-26(16-14-24)34(32,33)29-19-22-6-4-3-5-7-22/h3-18,29H,19H2,1-2H3,(H,30,31). The second kappa shape index (κ2) is 10.0. The van der Waals surface area contributed by atoms with Crippen molar-refractivity contribution in [3.8, 4) is 11.1 Å². The van der Waals surface area contributed by atoms with Crippen molar-refractivity contribution in [1.82, 2.24) is 4.72 Å². The van der Waals surface area contributed by atoms with Crippen molar-refractivity contribution in [2.75, 3.05) is 5.32 Å². The maximum atomic E-state index is 12.6. The topological polar surface area (TPSA) is 75.3 Å². The summed E-state index contributed by atoms with van der Waals surface area (Å²) < 4.78 is 27.8. The van der Waals surface area contributed by atoms with Crippen molar-refractivity contribution in [3.05, 3.63) is 119 Å². The van der Waals surface area contributed by atoms with Crippen LogP contribution in [-0.2, 0) is 16.6 Å². The van der Waals surface area contributed by atoms with Crippen molar-refractivity contribution in [2.24, 2.45) is 0 Å². The van der Waals surface area contributed by atoms with Crippen LogP contribution in [0.15, 0.2) is 102 Å². The molecule has 0 radical (unpaired) electrons. The van der Waals surface area contributed by atoms with Crippen LogP contribution in [0.2, 0.25) is 0 Å². The zero-order valence-corrected chi connectivity index (χ0v) is 19.9. The number of hydrogen-bond donors (Lipinski definition) is 2. The van der Waals surface area contributed by atoms with Crippen molar-refractivity contribution in [3.63, 3.8) is 0 Å². The van der Waals surface area contributed by atoms with E-state index in [2.05, 4.69) is 10.0 Å².